The van der Waals surface area contributed by atoms with E-state index in [4.69, 9.17) is 14.5 Å². The van der Waals surface area contributed by atoms with Crippen LogP contribution in [0.1, 0.15) is 65.8 Å². The molecule has 2 fully saturated rings. The first-order valence-corrected chi connectivity index (χ1v) is 18.0. The fraction of sp³-hybridized carbons (Fsp3) is 0.559. The van der Waals surface area contributed by atoms with Crippen LogP contribution in [0, 0.1) is 0 Å². The van der Waals surface area contributed by atoms with Gasteiger partial charge in [0.15, 0.2) is 11.4 Å². The van der Waals surface area contributed by atoms with Crippen LogP contribution < -0.4 is 20.4 Å². The van der Waals surface area contributed by atoms with Crippen LogP contribution in [-0.4, -0.2) is 101 Å². The van der Waals surface area contributed by atoms with Gasteiger partial charge in [0.25, 0.3) is 5.91 Å². The SMILES string of the molecule is CCc1c(N2CCN(C(=O)c3ncc4c(c3O)CCO4)CC2)c(=O)c2nc(C3=CCOCC3)sc2n1CC(=O)NCCC1(OC(F)(F)F)CCC1. The Morgan fingerprint density at radius 1 is 1.16 bits per heavy atom. The number of aromatic hydroxyl groups is 1. The minimum atomic E-state index is -4.75. The van der Waals surface area contributed by atoms with Gasteiger partial charge >= 0.3 is 6.36 Å². The minimum absolute atomic E-state index is 0.00500. The van der Waals surface area contributed by atoms with E-state index in [1.54, 1.807) is 9.47 Å². The number of pyridine rings is 2. The molecule has 13 nitrogen and oxygen atoms in total. The predicted molar refractivity (Wildman–Crippen MR) is 181 cm³/mol. The molecule has 274 valence electrons. The summed E-state index contributed by atoms with van der Waals surface area (Å²) in [4.78, 5) is 54.1. The van der Waals surface area contributed by atoms with E-state index < -0.39 is 23.8 Å². The van der Waals surface area contributed by atoms with Gasteiger partial charge in [-0.05, 0) is 44.1 Å². The van der Waals surface area contributed by atoms with E-state index in [0.717, 1.165) is 5.57 Å². The van der Waals surface area contributed by atoms with Crippen LogP contribution in [0.4, 0.5) is 18.9 Å². The molecule has 3 aromatic heterocycles. The molecule has 3 aliphatic heterocycles. The average Bonchev–Trinajstić information content (AvgIpc) is 3.77. The maximum Gasteiger partial charge on any atom is 0.523 e. The molecule has 0 radical (unpaired) electrons. The molecule has 6 heterocycles. The van der Waals surface area contributed by atoms with Gasteiger partial charge in [-0.1, -0.05) is 24.3 Å². The molecule has 7 rings (SSSR count). The number of amides is 2. The standard InChI is InChI=1S/C34H39F3N6O7S/c1-2-22-27(41-11-13-42(14-12-41)31(47)25-28(45)21-6-17-49-23(21)18-39-25)29(46)26-32(51-30(40-26)20-4-15-48-16-5-20)43(22)19-24(44)38-10-9-33(7-3-8-33)50-34(35,36)37/h4,18,45H,2-3,5-17,19H2,1H3,(H,38,44). The number of carbonyl (C=O) groups excluding carboxylic acids is 2. The summed E-state index contributed by atoms with van der Waals surface area (Å²) in [6, 6.07) is 0. The molecule has 2 amide bonds. The number of fused-ring (bicyclic) bond motifs is 2. The summed E-state index contributed by atoms with van der Waals surface area (Å²) < 4.78 is 56.2. The van der Waals surface area contributed by atoms with Crippen molar-refractivity contribution in [2.24, 2.45) is 0 Å². The molecule has 3 aromatic rings. The number of ether oxygens (including phenoxy) is 3. The van der Waals surface area contributed by atoms with E-state index in [-0.39, 0.29) is 67.8 Å². The Morgan fingerprint density at radius 2 is 1.94 bits per heavy atom. The van der Waals surface area contributed by atoms with Crippen molar-refractivity contribution >= 4 is 44.8 Å². The largest absolute Gasteiger partial charge is 0.523 e. The van der Waals surface area contributed by atoms with E-state index in [9.17, 15) is 32.7 Å². The number of nitrogens with one attached hydrogen (secondary N) is 1. The van der Waals surface area contributed by atoms with Crippen molar-refractivity contribution in [3.63, 3.8) is 0 Å². The lowest BCUT2D eigenvalue weighted by atomic mass is 9.77. The van der Waals surface area contributed by atoms with Crippen molar-refractivity contribution in [1.29, 1.82) is 0 Å². The lowest BCUT2D eigenvalue weighted by Crippen LogP contribution is -2.50. The maximum atomic E-state index is 14.3. The number of alkyl halides is 3. The highest BCUT2D eigenvalue weighted by atomic mass is 32.1. The van der Waals surface area contributed by atoms with Gasteiger partial charge in [-0.3, -0.25) is 19.1 Å². The number of nitrogens with zero attached hydrogens (tertiary/aromatic N) is 5. The van der Waals surface area contributed by atoms with Crippen LogP contribution in [0.2, 0.25) is 0 Å². The third-order valence-electron chi connectivity index (χ3n) is 10.1. The highest BCUT2D eigenvalue weighted by Gasteiger charge is 2.47. The lowest BCUT2D eigenvalue weighted by Gasteiger charge is -2.41. The molecule has 1 aliphatic carbocycles. The van der Waals surface area contributed by atoms with Crippen LogP contribution in [0.25, 0.3) is 15.9 Å². The summed E-state index contributed by atoms with van der Waals surface area (Å²) in [6.07, 6.45) is 1.34. The Hall–Kier alpha value is -4.22. The fourth-order valence-corrected chi connectivity index (χ4v) is 8.44. The van der Waals surface area contributed by atoms with Crippen molar-refractivity contribution in [3.05, 3.63) is 44.5 Å². The minimum Gasteiger partial charge on any atom is -0.505 e. The third-order valence-corrected chi connectivity index (χ3v) is 11.2. The third kappa shape index (κ3) is 7.02. The second kappa shape index (κ2) is 14.1. The van der Waals surface area contributed by atoms with E-state index in [1.165, 1.54) is 17.5 Å². The van der Waals surface area contributed by atoms with Gasteiger partial charge < -0.3 is 34.3 Å². The number of anilines is 1. The van der Waals surface area contributed by atoms with Crippen LogP contribution in [0.5, 0.6) is 11.5 Å². The Labute approximate surface area is 295 Å². The van der Waals surface area contributed by atoms with E-state index in [2.05, 4.69) is 15.0 Å². The van der Waals surface area contributed by atoms with E-state index >= 15 is 0 Å². The molecule has 2 N–H and O–H groups in total. The summed E-state index contributed by atoms with van der Waals surface area (Å²) in [5.41, 5.74) is 1.11. The van der Waals surface area contributed by atoms with Gasteiger partial charge in [0, 0.05) is 50.4 Å². The summed E-state index contributed by atoms with van der Waals surface area (Å²) in [6.45, 7) is 4.21. The number of hydrogen-bond donors (Lipinski definition) is 2. The number of thiazole rings is 1. The Morgan fingerprint density at radius 3 is 2.61 bits per heavy atom. The van der Waals surface area contributed by atoms with Gasteiger partial charge in [0.1, 0.15) is 33.3 Å². The summed E-state index contributed by atoms with van der Waals surface area (Å²) in [5, 5.41) is 14.2. The topological polar surface area (TPSA) is 148 Å². The molecule has 0 spiro atoms. The molecular formula is C34H39F3N6O7S. The molecule has 1 saturated heterocycles. The Balaban J connectivity index is 1.15. The zero-order valence-electron chi connectivity index (χ0n) is 28.1. The second-order valence-corrected chi connectivity index (χ2v) is 14.1. The van der Waals surface area contributed by atoms with Crippen molar-refractivity contribution in [3.8, 4) is 11.5 Å². The van der Waals surface area contributed by atoms with Crippen molar-refractivity contribution in [2.75, 3.05) is 57.4 Å². The smallest absolute Gasteiger partial charge is 0.505 e. The lowest BCUT2D eigenvalue weighted by molar-refractivity contribution is -0.379. The van der Waals surface area contributed by atoms with Crippen molar-refractivity contribution in [1.82, 2.24) is 24.8 Å². The Bertz CT molecular complexity index is 1930. The molecule has 1 saturated carbocycles. The molecular weight excluding hydrogens is 693 g/mol. The molecule has 4 aliphatic rings. The first kappa shape index (κ1) is 35.2. The predicted octanol–water partition coefficient (Wildman–Crippen LogP) is 3.79. The molecule has 0 aromatic carbocycles. The zero-order valence-corrected chi connectivity index (χ0v) is 29.0. The normalized spacial score (nSPS) is 18.6. The first-order valence-electron chi connectivity index (χ1n) is 17.2. The van der Waals surface area contributed by atoms with Gasteiger partial charge in [0.05, 0.1) is 31.6 Å². The first-order chi connectivity index (χ1) is 24.5. The summed E-state index contributed by atoms with van der Waals surface area (Å²) in [7, 11) is 0. The van der Waals surface area contributed by atoms with Crippen LogP contribution in [0.3, 0.4) is 0 Å². The monoisotopic (exact) mass is 732 g/mol. The van der Waals surface area contributed by atoms with Gasteiger partial charge in [-0.25, -0.2) is 9.97 Å². The van der Waals surface area contributed by atoms with Gasteiger partial charge in [-0.2, -0.15) is 0 Å². The fourth-order valence-electron chi connectivity index (χ4n) is 7.29. The molecule has 0 unspecified atom stereocenters. The second-order valence-electron chi connectivity index (χ2n) is 13.2. The highest BCUT2D eigenvalue weighted by Crippen LogP contribution is 2.43. The maximum absolute atomic E-state index is 14.3. The number of carbonyl (C=O) groups is 2. The summed E-state index contributed by atoms with van der Waals surface area (Å²) >= 11 is 1.32. The van der Waals surface area contributed by atoms with Crippen molar-refractivity contribution < 1.29 is 42.1 Å². The van der Waals surface area contributed by atoms with Gasteiger partial charge in [0.2, 0.25) is 11.3 Å². The average molecular weight is 733 g/mol. The molecule has 51 heavy (non-hydrogen) atoms. The molecule has 0 atom stereocenters. The van der Waals surface area contributed by atoms with Crippen LogP contribution >= 0.6 is 11.3 Å². The van der Waals surface area contributed by atoms with Crippen molar-refractivity contribution in [2.45, 2.75) is 70.4 Å². The van der Waals surface area contributed by atoms with Crippen LogP contribution in [-0.2, 0) is 33.7 Å². The molecule has 17 heteroatoms. The number of piperazine rings is 1. The number of halogens is 3. The number of aromatic nitrogens is 3. The summed E-state index contributed by atoms with van der Waals surface area (Å²) in [5.74, 6) is -0.533. The highest BCUT2D eigenvalue weighted by molar-refractivity contribution is 7.19. The number of hydrogen-bond acceptors (Lipinski definition) is 11. The molecule has 0 bridgehead atoms. The van der Waals surface area contributed by atoms with Crippen LogP contribution in [0.15, 0.2) is 17.1 Å². The Kier molecular flexibility index (Phi) is 9.71. The number of rotatable bonds is 10. The quantitative estimate of drug-likeness (QED) is 0.316. The van der Waals surface area contributed by atoms with E-state index in [1.807, 2.05) is 17.9 Å². The zero-order chi connectivity index (χ0) is 35.9. The van der Waals surface area contributed by atoms with Gasteiger partial charge in [-0.15, -0.1) is 13.2 Å². The van der Waals surface area contributed by atoms with E-state index in [0.29, 0.717) is 91.1 Å².